The van der Waals surface area contributed by atoms with Gasteiger partial charge in [0.25, 0.3) is 0 Å². The second kappa shape index (κ2) is 9.98. The van der Waals surface area contributed by atoms with Gasteiger partial charge in [-0.3, -0.25) is 9.59 Å². The summed E-state index contributed by atoms with van der Waals surface area (Å²) in [6, 6.07) is 18.8. The van der Waals surface area contributed by atoms with Gasteiger partial charge in [0.1, 0.15) is 5.41 Å². The van der Waals surface area contributed by atoms with Crippen molar-refractivity contribution in [1.29, 1.82) is 0 Å². The van der Waals surface area contributed by atoms with Gasteiger partial charge in [-0.2, -0.15) is 0 Å². The molecule has 0 radical (unpaired) electrons. The topological polar surface area (TPSA) is 98.7 Å². The van der Waals surface area contributed by atoms with Gasteiger partial charge in [-0.05, 0) is 75.3 Å². The summed E-state index contributed by atoms with van der Waals surface area (Å²) in [7, 11) is 0. The smallest absolute Gasteiger partial charge is 0.236 e. The SMILES string of the molecule is O=C(N[C@H](Cc1ccccc1)C1(O)CCC1)C1(C(=O)N[C@H](Cc2ccccc2)C2(O)CCC2)CCC1. The second-order valence-corrected chi connectivity index (χ2v) is 11.3. The van der Waals surface area contributed by atoms with E-state index in [0.717, 1.165) is 30.4 Å². The van der Waals surface area contributed by atoms with Crippen LogP contribution in [-0.4, -0.2) is 45.3 Å². The van der Waals surface area contributed by atoms with Gasteiger partial charge in [0.2, 0.25) is 11.8 Å². The number of hydrogen-bond donors (Lipinski definition) is 4. The molecule has 6 heteroatoms. The highest BCUT2D eigenvalue weighted by Crippen LogP contribution is 2.44. The van der Waals surface area contributed by atoms with Crippen molar-refractivity contribution >= 4 is 11.8 Å². The largest absolute Gasteiger partial charge is 0.388 e. The number of nitrogens with one attached hydrogen (secondary N) is 2. The fourth-order valence-corrected chi connectivity index (χ4v) is 5.91. The highest BCUT2D eigenvalue weighted by atomic mass is 16.3. The van der Waals surface area contributed by atoms with Crippen molar-refractivity contribution in [1.82, 2.24) is 10.6 Å². The Bertz CT molecular complexity index is 977. The monoisotopic (exact) mass is 490 g/mol. The Balaban J connectivity index is 1.32. The Morgan fingerprint density at radius 1 is 0.639 bits per heavy atom. The van der Waals surface area contributed by atoms with Crippen molar-refractivity contribution in [2.24, 2.45) is 5.41 Å². The van der Waals surface area contributed by atoms with E-state index < -0.39 is 28.7 Å². The second-order valence-electron chi connectivity index (χ2n) is 11.3. The molecule has 3 fully saturated rings. The predicted molar refractivity (Wildman–Crippen MR) is 138 cm³/mol. The first-order valence-electron chi connectivity index (χ1n) is 13.5. The molecule has 0 heterocycles. The molecule has 0 aromatic heterocycles. The molecule has 4 N–H and O–H groups in total. The fraction of sp³-hybridized carbons (Fsp3) is 0.533. The minimum atomic E-state index is -1.15. The van der Waals surface area contributed by atoms with E-state index in [9.17, 15) is 19.8 Å². The zero-order chi connectivity index (χ0) is 25.2. The van der Waals surface area contributed by atoms with Crippen LogP contribution in [0.4, 0.5) is 0 Å². The number of benzene rings is 2. The van der Waals surface area contributed by atoms with Crippen molar-refractivity contribution in [3.8, 4) is 0 Å². The highest BCUT2D eigenvalue weighted by molar-refractivity contribution is 6.06. The van der Waals surface area contributed by atoms with Gasteiger partial charge >= 0.3 is 0 Å². The molecule has 36 heavy (non-hydrogen) atoms. The van der Waals surface area contributed by atoms with E-state index in [-0.39, 0.29) is 11.8 Å². The van der Waals surface area contributed by atoms with Crippen LogP contribution in [0.5, 0.6) is 0 Å². The molecule has 2 aromatic carbocycles. The molecule has 2 atom stereocenters. The van der Waals surface area contributed by atoms with Gasteiger partial charge in [0.15, 0.2) is 0 Å². The molecule has 3 aliphatic rings. The fourth-order valence-electron chi connectivity index (χ4n) is 5.91. The number of carbonyl (C=O) groups excluding carboxylic acids is 2. The van der Waals surface area contributed by atoms with Crippen molar-refractivity contribution in [2.45, 2.75) is 93.9 Å². The molecular formula is C30H38N2O4. The first-order valence-corrected chi connectivity index (χ1v) is 13.5. The summed E-state index contributed by atoms with van der Waals surface area (Å²) in [6.45, 7) is 0. The Kier molecular flexibility index (Phi) is 6.92. The van der Waals surface area contributed by atoms with Crippen molar-refractivity contribution in [3.05, 3.63) is 71.8 Å². The Hall–Kier alpha value is -2.70. The van der Waals surface area contributed by atoms with E-state index in [4.69, 9.17) is 0 Å². The quantitative estimate of drug-likeness (QED) is 0.384. The van der Waals surface area contributed by atoms with Gasteiger partial charge in [-0.25, -0.2) is 0 Å². The number of carbonyl (C=O) groups is 2. The third kappa shape index (κ3) is 4.81. The standard InChI is InChI=1S/C30H38N2O4/c33-26(31-24(29(35)16-8-17-29)20-22-10-3-1-4-11-22)28(14-7-15-28)27(34)32-25(30(36)18-9-19-30)21-23-12-5-2-6-13-23/h1-6,10-13,24-25,35-36H,7-9,14-21H2,(H,31,33)(H,32,34)/t24-,25-/m1/s1. The average Bonchev–Trinajstić information content (AvgIpc) is 2.81. The number of amides is 2. The van der Waals surface area contributed by atoms with E-state index in [2.05, 4.69) is 10.6 Å². The van der Waals surface area contributed by atoms with E-state index >= 15 is 0 Å². The van der Waals surface area contributed by atoms with Crippen LogP contribution in [0.3, 0.4) is 0 Å². The molecule has 192 valence electrons. The van der Waals surface area contributed by atoms with Gasteiger partial charge in [0, 0.05) is 0 Å². The lowest BCUT2D eigenvalue weighted by Crippen LogP contribution is -2.66. The van der Waals surface area contributed by atoms with Gasteiger partial charge in [0.05, 0.1) is 23.3 Å². The molecule has 2 aromatic rings. The summed E-state index contributed by atoms with van der Waals surface area (Å²) in [5.74, 6) is -0.599. The summed E-state index contributed by atoms with van der Waals surface area (Å²) in [6.07, 6.45) is 7.29. The van der Waals surface area contributed by atoms with Crippen LogP contribution in [0.15, 0.2) is 60.7 Å². The van der Waals surface area contributed by atoms with Crippen LogP contribution in [-0.2, 0) is 22.4 Å². The van der Waals surface area contributed by atoms with Crippen LogP contribution >= 0.6 is 0 Å². The minimum absolute atomic E-state index is 0.299. The maximum Gasteiger partial charge on any atom is 0.236 e. The molecule has 0 aliphatic heterocycles. The van der Waals surface area contributed by atoms with E-state index in [1.165, 1.54) is 0 Å². The molecule has 0 unspecified atom stereocenters. The van der Waals surface area contributed by atoms with Crippen LogP contribution < -0.4 is 10.6 Å². The summed E-state index contributed by atoms with van der Waals surface area (Å²) >= 11 is 0. The first kappa shape index (κ1) is 25.0. The average molecular weight is 491 g/mol. The summed E-state index contributed by atoms with van der Waals surface area (Å²) < 4.78 is 0. The third-order valence-electron chi connectivity index (χ3n) is 8.99. The lowest BCUT2D eigenvalue weighted by Gasteiger charge is -2.48. The van der Waals surface area contributed by atoms with Crippen LogP contribution in [0.2, 0.25) is 0 Å². The van der Waals surface area contributed by atoms with Crippen LogP contribution in [0.25, 0.3) is 0 Å². The first-order chi connectivity index (χ1) is 17.3. The highest BCUT2D eigenvalue weighted by Gasteiger charge is 2.54. The zero-order valence-corrected chi connectivity index (χ0v) is 20.9. The zero-order valence-electron chi connectivity index (χ0n) is 20.9. The molecule has 3 aliphatic carbocycles. The van der Waals surface area contributed by atoms with Gasteiger partial charge in [-0.15, -0.1) is 0 Å². The van der Waals surface area contributed by atoms with Crippen molar-refractivity contribution in [3.63, 3.8) is 0 Å². The van der Waals surface area contributed by atoms with Gasteiger partial charge in [-0.1, -0.05) is 67.1 Å². The van der Waals surface area contributed by atoms with Crippen molar-refractivity contribution in [2.75, 3.05) is 0 Å². The minimum Gasteiger partial charge on any atom is -0.388 e. The third-order valence-corrected chi connectivity index (χ3v) is 8.99. The molecular weight excluding hydrogens is 452 g/mol. The number of rotatable bonds is 10. The normalized spacial score (nSPS) is 22.6. The van der Waals surface area contributed by atoms with E-state index in [1.807, 2.05) is 60.7 Å². The predicted octanol–water partition coefficient (Wildman–Crippen LogP) is 3.44. The van der Waals surface area contributed by atoms with Crippen LogP contribution in [0, 0.1) is 5.41 Å². The summed E-state index contributed by atoms with van der Waals surface area (Å²) in [5, 5.41) is 28.6. The maximum atomic E-state index is 13.7. The molecule has 2 amide bonds. The van der Waals surface area contributed by atoms with E-state index in [0.29, 0.717) is 51.4 Å². The molecule has 6 nitrogen and oxygen atoms in total. The lowest BCUT2D eigenvalue weighted by atomic mass is 9.65. The Morgan fingerprint density at radius 2 is 1.00 bits per heavy atom. The maximum absolute atomic E-state index is 13.7. The summed E-state index contributed by atoms with van der Waals surface area (Å²) in [4.78, 5) is 27.4. The molecule has 3 saturated carbocycles. The molecule has 0 spiro atoms. The Morgan fingerprint density at radius 3 is 1.28 bits per heavy atom. The Labute approximate surface area is 213 Å². The summed E-state index contributed by atoms with van der Waals surface area (Å²) in [5.41, 5.74) is -0.937. The number of hydrogen-bond acceptors (Lipinski definition) is 4. The molecule has 0 saturated heterocycles. The molecule has 5 rings (SSSR count). The van der Waals surface area contributed by atoms with Crippen molar-refractivity contribution < 1.29 is 19.8 Å². The number of aliphatic hydroxyl groups is 2. The van der Waals surface area contributed by atoms with Gasteiger partial charge < -0.3 is 20.8 Å². The van der Waals surface area contributed by atoms with E-state index in [1.54, 1.807) is 0 Å². The molecule has 0 bridgehead atoms. The lowest BCUT2D eigenvalue weighted by molar-refractivity contribution is -0.155. The van der Waals surface area contributed by atoms with Crippen LogP contribution in [0.1, 0.15) is 68.9 Å².